The lowest BCUT2D eigenvalue weighted by Crippen LogP contribution is -2.47. The van der Waals surface area contributed by atoms with Gasteiger partial charge in [-0.05, 0) is 48.4 Å². The number of hydrogen-bond acceptors (Lipinski definition) is 5. The average molecular weight is 404 g/mol. The van der Waals surface area contributed by atoms with E-state index >= 15 is 0 Å². The van der Waals surface area contributed by atoms with E-state index in [1.165, 1.54) is 0 Å². The molecule has 0 aliphatic carbocycles. The molecule has 0 aliphatic heterocycles. The standard InChI is InChI=1S/C24H24N2O4/c1-3-17(2)22(26-23(27)18-9-5-4-6-10-18)24(28)30-20-14-12-19(13-15-20)29-21-11-7-8-16-25-21/h4-17,22H,3H2,1-2H3,(H,26,27). The molecule has 2 aromatic carbocycles. The maximum Gasteiger partial charge on any atom is 0.334 e. The molecule has 0 fully saturated rings. The third-order valence-corrected chi connectivity index (χ3v) is 4.69. The summed E-state index contributed by atoms with van der Waals surface area (Å²) in [6.45, 7) is 3.87. The summed E-state index contributed by atoms with van der Waals surface area (Å²) in [7, 11) is 0. The average Bonchev–Trinajstić information content (AvgIpc) is 2.79. The van der Waals surface area contributed by atoms with Gasteiger partial charge in [-0.15, -0.1) is 0 Å². The number of carbonyl (C=O) groups excluding carboxylic acids is 2. The fourth-order valence-corrected chi connectivity index (χ4v) is 2.77. The van der Waals surface area contributed by atoms with Gasteiger partial charge in [0, 0.05) is 17.8 Å². The van der Waals surface area contributed by atoms with Gasteiger partial charge in [-0.25, -0.2) is 9.78 Å². The Hall–Kier alpha value is -3.67. The van der Waals surface area contributed by atoms with Crippen LogP contribution in [0.25, 0.3) is 0 Å². The smallest absolute Gasteiger partial charge is 0.334 e. The molecule has 3 rings (SSSR count). The predicted octanol–water partition coefficient (Wildman–Crippen LogP) is 4.62. The zero-order valence-corrected chi connectivity index (χ0v) is 16.9. The Morgan fingerprint density at radius 1 is 0.933 bits per heavy atom. The monoisotopic (exact) mass is 404 g/mol. The highest BCUT2D eigenvalue weighted by Gasteiger charge is 2.28. The number of hydrogen-bond donors (Lipinski definition) is 1. The van der Waals surface area contributed by atoms with Crippen LogP contribution in [-0.4, -0.2) is 22.9 Å². The van der Waals surface area contributed by atoms with Crippen LogP contribution in [-0.2, 0) is 4.79 Å². The van der Waals surface area contributed by atoms with E-state index in [4.69, 9.17) is 9.47 Å². The molecule has 3 aromatic rings. The van der Waals surface area contributed by atoms with E-state index in [0.29, 0.717) is 29.4 Å². The molecule has 2 unspecified atom stereocenters. The number of aromatic nitrogens is 1. The lowest BCUT2D eigenvalue weighted by atomic mass is 9.98. The van der Waals surface area contributed by atoms with Crippen LogP contribution in [0.5, 0.6) is 17.4 Å². The number of amides is 1. The summed E-state index contributed by atoms with van der Waals surface area (Å²) in [6, 6.07) is 20.1. The number of carbonyl (C=O) groups is 2. The van der Waals surface area contributed by atoms with E-state index in [-0.39, 0.29) is 11.8 Å². The summed E-state index contributed by atoms with van der Waals surface area (Å²) in [6.07, 6.45) is 2.36. The molecular formula is C24H24N2O4. The highest BCUT2D eigenvalue weighted by Crippen LogP contribution is 2.23. The topological polar surface area (TPSA) is 77.5 Å². The first-order valence-electron chi connectivity index (χ1n) is 9.83. The SMILES string of the molecule is CCC(C)C(NC(=O)c1ccccc1)C(=O)Oc1ccc(Oc2ccccn2)cc1. The molecule has 154 valence electrons. The van der Waals surface area contributed by atoms with Crippen LogP contribution in [0.2, 0.25) is 0 Å². The maximum atomic E-state index is 12.8. The Balaban J connectivity index is 1.65. The number of rotatable bonds is 8. The summed E-state index contributed by atoms with van der Waals surface area (Å²) in [5, 5.41) is 2.80. The Bertz CT molecular complexity index is 960. The Morgan fingerprint density at radius 2 is 1.60 bits per heavy atom. The first kappa shape index (κ1) is 21.0. The largest absolute Gasteiger partial charge is 0.439 e. The van der Waals surface area contributed by atoms with Crippen molar-refractivity contribution in [2.45, 2.75) is 26.3 Å². The third kappa shape index (κ3) is 5.67. The van der Waals surface area contributed by atoms with E-state index in [2.05, 4.69) is 10.3 Å². The van der Waals surface area contributed by atoms with Gasteiger partial charge in [-0.2, -0.15) is 0 Å². The van der Waals surface area contributed by atoms with Crippen molar-refractivity contribution in [1.29, 1.82) is 0 Å². The fraction of sp³-hybridized carbons (Fsp3) is 0.208. The minimum absolute atomic E-state index is 0.0862. The lowest BCUT2D eigenvalue weighted by Gasteiger charge is -2.22. The Kier molecular flexibility index (Phi) is 7.16. The summed E-state index contributed by atoms with van der Waals surface area (Å²) in [5.74, 6) is 0.517. The van der Waals surface area contributed by atoms with Gasteiger partial charge in [-0.3, -0.25) is 4.79 Å². The quantitative estimate of drug-likeness (QED) is 0.438. The molecule has 6 heteroatoms. The van der Waals surface area contributed by atoms with Crippen molar-refractivity contribution in [1.82, 2.24) is 10.3 Å². The summed E-state index contributed by atoms with van der Waals surface area (Å²) < 4.78 is 11.2. The molecule has 1 N–H and O–H groups in total. The normalized spacial score (nSPS) is 12.5. The number of benzene rings is 2. The van der Waals surface area contributed by atoms with E-state index in [0.717, 1.165) is 0 Å². The predicted molar refractivity (Wildman–Crippen MR) is 114 cm³/mol. The molecule has 2 atom stereocenters. The van der Waals surface area contributed by atoms with Gasteiger partial charge in [0.05, 0.1) is 0 Å². The van der Waals surface area contributed by atoms with Gasteiger partial charge in [-0.1, -0.05) is 44.5 Å². The molecule has 0 bridgehead atoms. The summed E-state index contributed by atoms with van der Waals surface area (Å²) in [4.78, 5) is 29.4. The van der Waals surface area contributed by atoms with Crippen LogP contribution in [0, 0.1) is 5.92 Å². The van der Waals surface area contributed by atoms with Crippen molar-refractivity contribution >= 4 is 11.9 Å². The van der Waals surface area contributed by atoms with Gasteiger partial charge < -0.3 is 14.8 Å². The molecule has 1 amide bonds. The van der Waals surface area contributed by atoms with Crippen LogP contribution >= 0.6 is 0 Å². The minimum Gasteiger partial charge on any atom is -0.439 e. The number of nitrogens with one attached hydrogen (secondary N) is 1. The second-order valence-electron chi connectivity index (χ2n) is 6.87. The summed E-state index contributed by atoms with van der Waals surface area (Å²) in [5.41, 5.74) is 0.495. The molecule has 0 saturated heterocycles. The molecule has 1 aromatic heterocycles. The second kappa shape index (κ2) is 10.2. The molecule has 1 heterocycles. The molecule has 0 saturated carbocycles. The Labute approximate surface area is 175 Å². The molecular weight excluding hydrogens is 380 g/mol. The van der Waals surface area contributed by atoms with E-state index in [9.17, 15) is 9.59 Å². The van der Waals surface area contributed by atoms with Gasteiger partial charge in [0.15, 0.2) is 0 Å². The van der Waals surface area contributed by atoms with Gasteiger partial charge in [0.2, 0.25) is 5.88 Å². The molecule has 30 heavy (non-hydrogen) atoms. The van der Waals surface area contributed by atoms with Crippen molar-refractivity contribution in [2.75, 3.05) is 0 Å². The third-order valence-electron chi connectivity index (χ3n) is 4.69. The van der Waals surface area contributed by atoms with E-state index < -0.39 is 12.0 Å². The van der Waals surface area contributed by atoms with Crippen molar-refractivity contribution in [3.63, 3.8) is 0 Å². The molecule has 0 radical (unpaired) electrons. The van der Waals surface area contributed by atoms with Crippen LogP contribution in [0.3, 0.4) is 0 Å². The zero-order valence-electron chi connectivity index (χ0n) is 16.9. The van der Waals surface area contributed by atoms with E-state index in [1.54, 1.807) is 66.9 Å². The lowest BCUT2D eigenvalue weighted by molar-refractivity contribution is -0.137. The van der Waals surface area contributed by atoms with Gasteiger partial charge in [0.1, 0.15) is 17.5 Å². The first-order valence-corrected chi connectivity index (χ1v) is 9.83. The van der Waals surface area contributed by atoms with Crippen molar-refractivity contribution < 1.29 is 19.1 Å². The van der Waals surface area contributed by atoms with Gasteiger partial charge in [0.25, 0.3) is 5.91 Å². The van der Waals surface area contributed by atoms with E-state index in [1.807, 2.05) is 26.0 Å². The highest BCUT2D eigenvalue weighted by atomic mass is 16.5. The van der Waals surface area contributed by atoms with Crippen LogP contribution in [0.15, 0.2) is 79.0 Å². The first-order chi connectivity index (χ1) is 14.6. The number of nitrogens with zero attached hydrogens (tertiary/aromatic N) is 1. The van der Waals surface area contributed by atoms with Crippen molar-refractivity contribution in [3.05, 3.63) is 84.6 Å². The van der Waals surface area contributed by atoms with Gasteiger partial charge >= 0.3 is 5.97 Å². The summed E-state index contributed by atoms with van der Waals surface area (Å²) >= 11 is 0. The maximum absolute atomic E-state index is 12.8. The molecule has 0 aliphatic rings. The number of pyridine rings is 1. The number of ether oxygens (including phenoxy) is 2. The van der Waals surface area contributed by atoms with Crippen LogP contribution in [0.4, 0.5) is 0 Å². The molecule has 0 spiro atoms. The number of esters is 1. The molecule has 6 nitrogen and oxygen atoms in total. The van der Waals surface area contributed by atoms with Crippen molar-refractivity contribution in [2.24, 2.45) is 5.92 Å². The van der Waals surface area contributed by atoms with Crippen LogP contribution < -0.4 is 14.8 Å². The second-order valence-corrected chi connectivity index (χ2v) is 6.87. The Morgan fingerprint density at radius 3 is 2.23 bits per heavy atom. The fourth-order valence-electron chi connectivity index (χ4n) is 2.77. The van der Waals surface area contributed by atoms with Crippen LogP contribution in [0.1, 0.15) is 30.6 Å². The minimum atomic E-state index is -0.757. The van der Waals surface area contributed by atoms with Crippen molar-refractivity contribution in [3.8, 4) is 17.4 Å². The highest BCUT2D eigenvalue weighted by molar-refractivity contribution is 5.97. The zero-order chi connectivity index (χ0) is 21.3.